The number of hydrogen-bond donors (Lipinski definition) is 2. The van der Waals surface area contributed by atoms with E-state index < -0.39 is 20.8 Å². The number of rotatable bonds is 3. The third-order valence-electron chi connectivity index (χ3n) is 0.200. The van der Waals surface area contributed by atoms with Crippen LogP contribution in [-0.2, 0) is 29.5 Å². The molecule has 10 nitrogen and oxygen atoms in total. The second-order valence-electron chi connectivity index (χ2n) is 0.992. The molecule has 0 amide bonds. The summed E-state index contributed by atoms with van der Waals surface area (Å²) in [7, 11) is -10.0. The van der Waals surface area contributed by atoms with Crippen molar-refractivity contribution in [1.29, 1.82) is 0 Å². The van der Waals surface area contributed by atoms with Crippen molar-refractivity contribution in [3.05, 3.63) is 0 Å². The summed E-state index contributed by atoms with van der Waals surface area (Å²) < 4.78 is 58.9. The molecule has 0 aliphatic carbocycles. The van der Waals surface area contributed by atoms with Crippen molar-refractivity contribution in [2.75, 3.05) is 0 Å². The zero-order valence-electron chi connectivity index (χ0n) is 7.16. The van der Waals surface area contributed by atoms with Crippen LogP contribution in [0.3, 0.4) is 0 Å². The smallest absolute Gasteiger partial charge is 1.00 e. The van der Waals surface area contributed by atoms with E-state index >= 15 is 0 Å². The Morgan fingerprint density at radius 2 is 1.00 bits per heavy atom. The average Bonchev–Trinajstić information content (AvgIpc) is 1.57. The third kappa shape index (κ3) is 24.5. The van der Waals surface area contributed by atoms with E-state index in [1.165, 1.54) is 0 Å². The second-order valence-corrected chi connectivity index (χ2v) is 2.97. The summed E-state index contributed by atoms with van der Waals surface area (Å²) in [5, 5.41) is 0. The fourth-order valence-corrected chi connectivity index (χ4v) is 0.632. The van der Waals surface area contributed by atoms with Gasteiger partial charge < -0.3 is 12.4 Å². The molecule has 0 saturated carbocycles. The van der Waals surface area contributed by atoms with Crippen molar-refractivity contribution in [3.8, 4) is 0 Å². The number of hydrogen-bond acceptors (Lipinski definition) is 6. The van der Waals surface area contributed by atoms with Crippen LogP contribution in [0.15, 0.2) is 0 Å². The minimum atomic E-state index is -5.02. The Balaban J connectivity index is -0.0000000675. The molecule has 0 radical (unpaired) electrons. The molecule has 0 aromatic rings. The van der Waals surface area contributed by atoms with Crippen LogP contribution in [0, 0.1) is 0 Å². The van der Waals surface area contributed by atoms with Gasteiger partial charge in [0, 0.05) is 0 Å². The van der Waals surface area contributed by atoms with Crippen molar-refractivity contribution < 1.29 is 76.5 Å². The molecule has 0 fully saturated rings. The molecule has 0 aromatic carbocycles. The molecule has 0 heterocycles. The van der Waals surface area contributed by atoms with Crippen LogP contribution in [-0.4, -0.2) is 36.9 Å². The monoisotopic (exact) mass is 254 g/mol. The van der Waals surface area contributed by atoms with Crippen molar-refractivity contribution in [2.45, 2.75) is 0 Å². The first kappa shape index (κ1) is 23.5. The van der Waals surface area contributed by atoms with Crippen molar-refractivity contribution in [2.24, 2.45) is 0 Å². The first-order valence-corrected chi connectivity index (χ1v) is 4.26. The quantitative estimate of drug-likeness (QED) is 0.215. The maximum atomic E-state index is 9.51. The minimum Gasteiger partial charge on any atom is -1.00 e. The zero-order chi connectivity index (χ0) is 8.41. The molecule has 13 heteroatoms. The van der Waals surface area contributed by atoms with Gasteiger partial charge in [-0.2, -0.15) is 16.8 Å². The van der Waals surface area contributed by atoms with E-state index in [1.807, 2.05) is 0 Å². The first-order valence-electron chi connectivity index (χ1n) is 1.53. The van der Waals surface area contributed by atoms with Gasteiger partial charge in [0.25, 0.3) is 0 Å². The fourth-order valence-electron chi connectivity index (χ4n) is 0.0702. The molecule has 0 atom stereocenters. The third-order valence-corrected chi connectivity index (χ3v) is 0.766. The summed E-state index contributed by atoms with van der Waals surface area (Å²) >= 11 is 0. The Bertz CT molecular complexity index is 254. The van der Waals surface area contributed by atoms with Gasteiger partial charge in [0.2, 0.25) is 0 Å². The molecule has 0 bridgehead atoms. The Labute approximate surface area is 97.1 Å². The van der Waals surface area contributed by atoms with Gasteiger partial charge in [0.1, 0.15) is 0 Å². The predicted octanol–water partition coefficient (Wildman–Crippen LogP) is -5.99. The van der Waals surface area contributed by atoms with Crippen LogP contribution in [0.25, 0.3) is 0 Å². The van der Waals surface area contributed by atoms with Gasteiger partial charge >= 0.3 is 50.4 Å². The largest absolute Gasteiger partial charge is 1.00 e. The maximum absolute atomic E-state index is 9.51. The van der Waals surface area contributed by atoms with Crippen LogP contribution >= 0.6 is 0 Å². The van der Waals surface area contributed by atoms with Crippen LogP contribution < -0.4 is 29.6 Å². The Kier molecular flexibility index (Phi) is 14.5. The van der Waals surface area contributed by atoms with Gasteiger partial charge in [0.15, 0.2) is 0 Å². The summed E-state index contributed by atoms with van der Waals surface area (Å²) in [6, 6.07) is 0. The van der Waals surface area contributed by atoms with Crippen LogP contribution in [0.1, 0.15) is 1.43 Å². The van der Waals surface area contributed by atoms with Crippen molar-refractivity contribution in [1.82, 2.24) is 0 Å². The minimum absolute atomic E-state index is 0. The van der Waals surface area contributed by atoms with Crippen LogP contribution in [0.5, 0.6) is 0 Å². The van der Waals surface area contributed by atoms with Gasteiger partial charge in [-0.3, -0.25) is 9.11 Å². The van der Waals surface area contributed by atoms with Crippen LogP contribution in [0.4, 0.5) is 0 Å². The average molecular weight is 254 g/mol. The molecule has 13 heavy (non-hydrogen) atoms. The van der Waals surface area contributed by atoms with Gasteiger partial charge in [-0.25, -0.2) is 0 Å². The van der Waals surface area contributed by atoms with Crippen LogP contribution in [0.2, 0.25) is 0 Å². The van der Waals surface area contributed by atoms with E-state index in [0.29, 0.717) is 0 Å². The van der Waals surface area contributed by atoms with E-state index in [1.54, 1.807) is 0 Å². The summed E-state index contributed by atoms with van der Waals surface area (Å²) in [5.41, 5.74) is 0. The molecule has 0 spiro atoms. The molecular weight excluding hydrogens is 247 g/mol. The Morgan fingerprint density at radius 3 is 1.08 bits per heavy atom. The van der Waals surface area contributed by atoms with Crippen molar-refractivity contribution >= 4 is 20.8 Å². The van der Waals surface area contributed by atoms with E-state index in [9.17, 15) is 16.8 Å². The van der Waals surface area contributed by atoms with Gasteiger partial charge in [0.05, 0.1) is 0 Å². The molecule has 0 rings (SSSR count). The Hall–Kier alpha value is 0.660. The summed E-state index contributed by atoms with van der Waals surface area (Å²) in [4.78, 5) is 0. The molecule has 0 aromatic heterocycles. The molecule has 0 unspecified atom stereocenters. The normalized spacial score (nSPS) is 10.3. The molecule has 0 saturated heterocycles. The van der Waals surface area contributed by atoms with Gasteiger partial charge in [-0.15, -0.1) is 0 Å². The summed E-state index contributed by atoms with van der Waals surface area (Å²) in [5.74, 6) is 0. The second kappa shape index (κ2) is 8.01. The molecule has 80 valence electrons. The van der Waals surface area contributed by atoms with E-state index in [-0.39, 0.29) is 41.9 Å². The SMILES string of the molecule is O.O.O=S(=O)(O)OOS(=O)(=O)O.[H-].[Na+]. The van der Waals surface area contributed by atoms with Gasteiger partial charge in [-0.1, -0.05) is 8.67 Å². The molecular formula is H7NaO10S2. The van der Waals surface area contributed by atoms with Crippen molar-refractivity contribution in [3.63, 3.8) is 0 Å². The van der Waals surface area contributed by atoms with Gasteiger partial charge in [-0.05, 0) is 0 Å². The molecule has 6 N–H and O–H groups in total. The van der Waals surface area contributed by atoms with E-state index in [2.05, 4.69) is 8.67 Å². The zero-order valence-corrected chi connectivity index (χ0v) is 9.79. The van der Waals surface area contributed by atoms with E-state index in [4.69, 9.17) is 9.11 Å². The maximum Gasteiger partial charge on any atom is 1.00 e. The topological polar surface area (TPSA) is 190 Å². The fraction of sp³-hybridized carbons (Fsp3) is 0. The first-order chi connectivity index (χ1) is 4.21. The molecule has 0 aliphatic rings. The Morgan fingerprint density at radius 1 is 0.846 bits per heavy atom. The standard InChI is InChI=1S/Na.H2O8S2.2H2O.H/c;1-9(2,3)7-8-10(4,5)6;;;/h;(H,1,2,3)(H,4,5,6);2*1H2;/q+1;;;;-1. The summed E-state index contributed by atoms with van der Waals surface area (Å²) in [6.45, 7) is 0. The van der Waals surface area contributed by atoms with E-state index in [0.717, 1.165) is 0 Å². The predicted molar refractivity (Wildman–Crippen MR) is 33.6 cm³/mol. The summed E-state index contributed by atoms with van der Waals surface area (Å²) in [6.07, 6.45) is 0. The molecule has 0 aliphatic heterocycles.